The van der Waals surface area contributed by atoms with Gasteiger partial charge >= 0.3 is 0 Å². The summed E-state index contributed by atoms with van der Waals surface area (Å²) < 4.78 is 1.01. The van der Waals surface area contributed by atoms with E-state index in [1.807, 2.05) is 43.3 Å². The summed E-state index contributed by atoms with van der Waals surface area (Å²) in [6, 6.07) is 16.4. The van der Waals surface area contributed by atoms with Crippen molar-refractivity contribution in [3.05, 3.63) is 69.3 Å². The number of nitrogens with one attached hydrogen (secondary N) is 1. The van der Waals surface area contributed by atoms with Crippen molar-refractivity contribution in [1.82, 2.24) is 5.01 Å². The van der Waals surface area contributed by atoms with Crippen molar-refractivity contribution in [2.45, 2.75) is 25.8 Å². The van der Waals surface area contributed by atoms with Crippen LogP contribution in [-0.4, -0.2) is 11.6 Å². The summed E-state index contributed by atoms with van der Waals surface area (Å²) >= 11 is 3.58. The first kappa shape index (κ1) is 18.3. The first-order valence-electron chi connectivity index (χ1n) is 8.51. The highest BCUT2D eigenvalue weighted by molar-refractivity contribution is 9.10. The molecule has 0 aliphatic carbocycles. The predicted octanol–water partition coefficient (Wildman–Crippen LogP) is 3.89. The van der Waals surface area contributed by atoms with E-state index in [9.17, 15) is 0 Å². The van der Waals surface area contributed by atoms with Crippen molar-refractivity contribution >= 4 is 27.3 Å². The summed E-state index contributed by atoms with van der Waals surface area (Å²) in [5, 5.41) is 14.4. The molecule has 0 spiro atoms. The summed E-state index contributed by atoms with van der Waals surface area (Å²) in [6.45, 7) is 2.55. The molecule has 5 nitrogen and oxygen atoms in total. The number of anilines is 1. The summed E-state index contributed by atoms with van der Waals surface area (Å²) in [6.07, 6.45) is 1.19. The average molecular weight is 412 g/mol. The Balaban J connectivity index is 2.07. The van der Waals surface area contributed by atoms with E-state index < -0.39 is 0 Å². The topological polar surface area (TPSA) is 91.1 Å². The number of fused-ring (bicyclic) bond motifs is 1. The minimum absolute atomic E-state index is 0.0604. The molecule has 26 heavy (non-hydrogen) atoms. The zero-order valence-corrected chi connectivity index (χ0v) is 16.3. The molecule has 2 aromatic rings. The molecule has 0 saturated carbocycles. The van der Waals surface area contributed by atoms with Crippen LogP contribution in [0.15, 0.2) is 52.6 Å². The van der Waals surface area contributed by atoms with Gasteiger partial charge in [0.25, 0.3) is 0 Å². The number of allylic oxidation sites excluding steroid dienone is 1. The van der Waals surface area contributed by atoms with Crippen LogP contribution >= 0.6 is 15.9 Å². The highest BCUT2D eigenvalue weighted by Gasteiger charge is 2.26. The van der Waals surface area contributed by atoms with Crippen molar-refractivity contribution in [3.8, 4) is 6.07 Å². The summed E-state index contributed by atoms with van der Waals surface area (Å²) in [7, 11) is 0. The number of nitrogens with two attached hydrogens (primary N) is 2. The van der Waals surface area contributed by atoms with Crippen LogP contribution in [0.3, 0.4) is 0 Å². The smallest absolute Gasteiger partial charge is 0.0777 e. The summed E-state index contributed by atoms with van der Waals surface area (Å²) in [5.74, 6) is 6.28. The lowest BCUT2D eigenvalue weighted by molar-refractivity contribution is 0.402. The minimum Gasteiger partial charge on any atom is -0.401 e. The molecule has 6 heteroatoms. The molecule has 1 heterocycles. The molecule has 0 bridgehead atoms. The van der Waals surface area contributed by atoms with E-state index >= 15 is 0 Å². The fraction of sp³-hybridized carbons (Fsp3) is 0.250. The van der Waals surface area contributed by atoms with Crippen LogP contribution in [0.4, 0.5) is 5.69 Å². The van der Waals surface area contributed by atoms with Gasteiger partial charge in [-0.15, -0.1) is 0 Å². The number of para-hydroxylation sites is 1. The quantitative estimate of drug-likeness (QED) is 0.666. The van der Waals surface area contributed by atoms with E-state index in [-0.39, 0.29) is 6.04 Å². The second-order valence-electron chi connectivity index (χ2n) is 6.43. The van der Waals surface area contributed by atoms with Gasteiger partial charge in [0.1, 0.15) is 0 Å². The number of halogens is 1. The Labute approximate surface area is 162 Å². The van der Waals surface area contributed by atoms with Gasteiger partial charge in [-0.25, -0.2) is 5.84 Å². The zero-order chi connectivity index (χ0) is 18.7. The van der Waals surface area contributed by atoms with E-state index in [4.69, 9.17) is 16.8 Å². The highest BCUT2D eigenvalue weighted by Crippen LogP contribution is 2.36. The molecule has 0 amide bonds. The van der Waals surface area contributed by atoms with Gasteiger partial charge in [-0.2, -0.15) is 5.26 Å². The Hall–Kier alpha value is -2.49. The summed E-state index contributed by atoms with van der Waals surface area (Å²) in [4.78, 5) is 0. The first-order valence-corrected chi connectivity index (χ1v) is 9.30. The van der Waals surface area contributed by atoms with Crippen molar-refractivity contribution in [3.63, 3.8) is 0 Å². The Morgan fingerprint density at radius 2 is 2.12 bits per heavy atom. The molecule has 0 saturated heterocycles. The Kier molecular flexibility index (Phi) is 5.50. The maximum atomic E-state index is 9.09. The minimum atomic E-state index is 0.0604. The molecule has 1 aliphatic heterocycles. The standard InChI is InChI=1S/C20H22BrN5/c1-13(23)20-16-7-6-15(21)12-17(16)19(9-11-26(20)24)25-18-5-3-2-4-14(18)8-10-22/h2-7,12,19,25H,8-9,11,23-24H2,1H3/b20-13-. The van der Waals surface area contributed by atoms with Gasteiger partial charge in [-0.05, 0) is 42.7 Å². The van der Waals surface area contributed by atoms with Crippen molar-refractivity contribution in [2.75, 3.05) is 11.9 Å². The average Bonchev–Trinajstić information content (AvgIpc) is 2.74. The summed E-state index contributed by atoms with van der Waals surface area (Å²) in [5.41, 5.74) is 11.8. The lowest BCUT2D eigenvalue weighted by Gasteiger charge is -2.22. The first-order chi connectivity index (χ1) is 12.5. The molecule has 134 valence electrons. The molecule has 5 N–H and O–H groups in total. The fourth-order valence-corrected chi connectivity index (χ4v) is 3.78. The molecule has 1 aliphatic rings. The number of nitriles is 1. The maximum Gasteiger partial charge on any atom is 0.0777 e. The lowest BCUT2D eigenvalue weighted by atomic mass is 9.96. The van der Waals surface area contributed by atoms with E-state index in [1.165, 1.54) is 0 Å². The number of benzene rings is 2. The van der Waals surface area contributed by atoms with Crippen LogP contribution in [0, 0.1) is 11.3 Å². The molecule has 2 aromatic carbocycles. The van der Waals surface area contributed by atoms with Crippen LogP contribution in [0.5, 0.6) is 0 Å². The number of hydrazine groups is 1. The number of hydrogen-bond donors (Lipinski definition) is 3. The molecular weight excluding hydrogens is 390 g/mol. The van der Waals surface area contributed by atoms with Crippen molar-refractivity contribution in [2.24, 2.45) is 11.6 Å². The van der Waals surface area contributed by atoms with Gasteiger partial charge in [-0.3, -0.25) is 0 Å². The van der Waals surface area contributed by atoms with Crippen molar-refractivity contribution in [1.29, 1.82) is 5.26 Å². The van der Waals surface area contributed by atoms with E-state index in [0.29, 0.717) is 18.7 Å². The van der Waals surface area contributed by atoms with Crippen LogP contribution < -0.4 is 16.9 Å². The monoisotopic (exact) mass is 411 g/mol. The fourth-order valence-electron chi connectivity index (χ4n) is 3.40. The second kappa shape index (κ2) is 7.81. The SMILES string of the molecule is C/C(N)=C1\c2ccc(Br)cc2C(Nc2ccccc2CC#N)CCN1N. The van der Waals surface area contributed by atoms with E-state index in [0.717, 1.165) is 39.0 Å². The predicted molar refractivity (Wildman–Crippen MR) is 109 cm³/mol. The van der Waals surface area contributed by atoms with Gasteiger partial charge in [0.2, 0.25) is 0 Å². The van der Waals surface area contributed by atoms with Crippen LogP contribution in [0.25, 0.3) is 5.70 Å². The Morgan fingerprint density at radius 1 is 1.35 bits per heavy atom. The number of rotatable bonds is 3. The van der Waals surface area contributed by atoms with E-state index in [2.05, 4.69) is 33.4 Å². The zero-order valence-electron chi connectivity index (χ0n) is 14.7. The molecule has 0 fully saturated rings. The third-order valence-electron chi connectivity index (χ3n) is 4.58. The molecule has 3 rings (SSSR count). The number of nitrogens with zero attached hydrogens (tertiary/aromatic N) is 2. The largest absolute Gasteiger partial charge is 0.401 e. The molecule has 0 radical (unpaired) electrons. The van der Waals surface area contributed by atoms with Crippen molar-refractivity contribution < 1.29 is 0 Å². The molecular formula is C20H22BrN5. The third-order valence-corrected chi connectivity index (χ3v) is 5.07. The second-order valence-corrected chi connectivity index (χ2v) is 7.35. The van der Waals surface area contributed by atoms with Crippen LogP contribution in [0.2, 0.25) is 0 Å². The molecule has 0 aromatic heterocycles. The molecule has 1 atom stereocenters. The van der Waals surface area contributed by atoms with Gasteiger partial charge in [0.15, 0.2) is 0 Å². The van der Waals surface area contributed by atoms with Gasteiger partial charge in [0.05, 0.1) is 24.2 Å². The highest BCUT2D eigenvalue weighted by atomic mass is 79.9. The number of hydrogen-bond acceptors (Lipinski definition) is 5. The Bertz CT molecular complexity index is 880. The van der Waals surface area contributed by atoms with Crippen LogP contribution in [-0.2, 0) is 6.42 Å². The van der Waals surface area contributed by atoms with E-state index in [1.54, 1.807) is 5.01 Å². The lowest BCUT2D eigenvalue weighted by Crippen LogP contribution is -2.31. The van der Waals surface area contributed by atoms with Gasteiger partial charge in [0, 0.05) is 28.0 Å². The van der Waals surface area contributed by atoms with Gasteiger partial charge < -0.3 is 16.1 Å². The Morgan fingerprint density at radius 3 is 2.85 bits per heavy atom. The van der Waals surface area contributed by atoms with Crippen LogP contribution in [0.1, 0.15) is 36.1 Å². The van der Waals surface area contributed by atoms with Gasteiger partial charge in [-0.1, -0.05) is 40.2 Å². The molecule has 1 unspecified atom stereocenters. The maximum absolute atomic E-state index is 9.09. The normalized spacial score (nSPS) is 18.5. The third kappa shape index (κ3) is 3.69.